The molecule has 1 saturated heterocycles. The fourth-order valence-electron chi connectivity index (χ4n) is 3.28. The van der Waals surface area contributed by atoms with Crippen LogP contribution >= 0.6 is 0 Å². The van der Waals surface area contributed by atoms with Crippen molar-refractivity contribution in [2.45, 2.75) is 46.1 Å². The van der Waals surface area contributed by atoms with Crippen LogP contribution in [0.15, 0.2) is 0 Å². The molecule has 3 atom stereocenters. The second-order valence-corrected chi connectivity index (χ2v) is 6.33. The van der Waals surface area contributed by atoms with E-state index >= 15 is 0 Å². The van der Waals surface area contributed by atoms with Crippen LogP contribution in [0.1, 0.15) is 40.0 Å². The fraction of sp³-hybridized carbons (Fsp3) is 0.929. The fourth-order valence-corrected chi connectivity index (χ4v) is 3.28. The Morgan fingerprint density at radius 3 is 2.24 bits per heavy atom. The molecule has 0 bridgehead atoms. The first kappa shape index (κ1) is 12.9. The lowest BCUT2D eigenvalue weighted by atomic mass is 9.80. The highest BCUT2D eigenvalue weighted by Crippen LogP contribution is 2.29. The van der Waals surface area contributed by atoms with E-state index in [0.29, 0.717) is 12.0 Å². The van der Waals surface area contributed by atoms with E-state index in [1.807, 2.05) is 0 Å². The van der Waals surface area contributed by atoms with Crippen LogP contribution in [0.3, 0.4) is 0 Å². The van der Waals surface area contributed by atoms with Crippen molar-refractivity contribution in [2.75, 3.05) is 13.1 Å². The van der Waals surface area contributed by atoms with Crippen LogP contribution in [0.25, 0.3) is 0 Å². The molecular weight excluding hydrogens is 212 g/mol. The van der Waals surface area contributed by atoms with E-state index in [9.17, 15) is 4.79 Å². The molecule has 0 aromatic carbocycles. The first-order valence-corrected chi connectivity index (χ1v) is 7.07. The Labute approximate surface area is 105 Å². The van der Waals surface area contributed by atoms with Crippen LogP contribution < -0.4 is 10.6 Å². The van der Waals surface area contributed by atoms with Gasteiger partial charge in [0.15, 0.2) is 0 Å². The molecule has 2 aliphatic rings. The van der Waals surface area contributed by atoms with E-state index in [1.54, 1.807) is 0 Å². The van der Waals surface area contributed by atoms with Gasteiger partial charge in [-0.3, -0.25) is 4.79 Å². The quantitative estimate of drug-likeness (QED) is 0.787. The first-order chi connectivity index (χ1) is 8.06. The maximum absolute atomic E-state index is 12.1. The van der Waals surface area contributed by atoms with E-state index in [0.717, 1.165) is 37.8 Å². The molecule has 1 heterocycles. The SMILES string of the molecule is CC1CC(C)CC(NC(=O)C(C)C2CNC2)C1. The Balaban J connectivity index is 1.80. The molecule has 3 heteroatoms. The molecule has 2 fully saturated rings. The van der Waals surface area contributed by atoms with Gasteiger partial charge >= 0.3 is 0 Å². The Bertz CT molecular complexity index is 265. The van der Waals surface area contributed by atoms with Gasteiger partial charge in [0.2, 0.25) is 5.91 Å². The van der Waals surface area contributed by atoms with Gasteiger partial charge in [-0.1, -0.05) is 20.8 Å². The molecule has 2 N–H and O–H groups in total. The largest absolute Gasteiger partial charge is 0.353 e. The molecule has 1 saturated carbocycles. The molecule has 0 radical (unpaired) electrons. The number of carbonyl (C=O) groups excluding carboxylic acids is 1. The van der Waals surface area contributed by atoms with Gasteiger partial charge in [0, 0.05) is 12.0 Å². The summed E-state index contributed by atoms with van der Waals surface area (Å²) in [4.78, 5) is 12.1. The Hall–Kier alpha value is -0.570. The van der Waals surface area contributed by atoms with E-state index in [-0.39, 0.29) is 11.8 Å². The van der Waals surface area contributed by atoms with Crippen LogP contribution in [0, 0.1) is 23.7 Å². The average Bonchev–Trinajstić information content (AvgIpc) is 2.12. The number of nitrogens with one attached hydrogen (secondary N) is 2. The second kappa shape index (κ2) is 5.38. The van der Waals surface area contributed by atoms with Crippen molar-refractivity contribution in [3.05, 3.63) is 0 Å². The average molecular weight is 238 g/mol. The second-order valence-electron chi connectivity index (χ2n) is 6.33. The summed E-state index contributed by atoms with van der Waals surface area (Å²) in [5.41, 5.74) is 0. The smallest absolute Gasteiger partial charge is 0.223 e. The van der Waals surface area contributed by atoms with Crippen molar-refractivity contribution in [1.82, 2.24) is 10.6 Å². The summed E-state index contributed by atoms with van der Waals surface area (Å²) in [6.07, 6.45) is 3.63. The van der Waals surface area contributed by atoms with E-state index < -0.39 is 0 Å². The molecule has 3 nitrogen and oxygen atoms in total. The molecule has 0 spiro atoms. The summed E-state index contributed by atoms with van der Waals surface area (Å²) in [6.45, 7) is 8.68. The summed E-state index contributed by atoms with van der Waals surface area (Å²) >= 11 is 0. The molecule has 1 aliphatic heterocycles. The molecule has 0 aromatic heterocycles. The Morgan fingerprint density at radius 2 is 1.76 bits per heavy atom. The lowest BCUT2D eigenvalue weighted by Gasteiger charge is -2.35. The molecule has 2 rings (SSSR count). The minimum atomic E-state index is 0.170. The van der Waals surface area contributed by atoms with Crippen LogP contribution in [0.4, 0.5) is 0 Å². The standard InChI is InChI=1S/C14H26N2O/c1-9-4-10(2)6-13(5-9)16-14(17)11(3)12-7-15-8-12/h9-13,15H,4-8H2,1-3H3,(H,16,17). The predicted molar refractivity (Wildman–Crippen MR) is 69.6 cm³/mol. The number of hydrogen-bond donors (Lipinski definition) is 2. The predicted octanol–water partition coefficient (Wildman–Crippen LogP) is 1.78. The van der Waals surface area contributed by atoms with Crippen LogP contribution in [0.5, 0.6) is 0 Å². The summed E-state index contributed by atoms with van der Waals surface area (Å²) in [5.74, 6) is 2.49. The number of carbonyl (C=O) groups is 1. The van der Waals surface area contributed by atoms with Crippen molar-refractivity contribution >= 4 is 5.91 Å². The van der Waals surface area contributed by atoms with E-state index in [4.69, 9.17) is 0 Å². The molecular formula is C14H26N2O. The third-order valence-electron chi connectivity index (χ3n) is 4.46. The molecule has 17 heavy (non-hydrogen) atoms. The van der Waals surface area contributed by atoms with Crippen LogP contribution in [-0.2, 0) is 4.79 Å². The van der Waals surface area contributed by atoms with Gasteiger partial charge in [0.05, 0.1) is 0 Å². The zero-order chi connectivity index (χ0) is 12.4. The number of hydrogen-bond acceptors (Lipinski definition) is 2. The summed E-state index contributed by atoms with van der Waals surface area (Å²) < 4.78 is 0. The first-order valence-electron chi connectivity index (χ1n) is 7.07. The van der Waals surface area contributed by atoms with Gasteiger partial charge < -0.3 is 10.6 Å². The van der Waals surface area contributed by atoms with Gasteiger partial charge in [0.25, 0.3) is 0 Å². The zero-order valence-electron chi connectivity index (χ0n) is 11.3. The van der Waals surface area contributed by atoms with Crippen LogP contribution in [-0.4, -0.2) is 25.0 Å². The van der Waals surface area contributed by atoms with Gasteiger partial charge in [0.1, 0.15) is 0 Å². The Kier molecular flexibility index (Phi) is 4.08. The minimum Gasteiger partial charge on any atom is -0.353 e. The summed E-state index contributed by atoms with van der Waals surface area (Å²) in [5, 5.41) is 6.50. The van der Waals surface area contributed by atoms with Gasteiger partial charge in [-0.25, -0.2) is 0 Å². The number of amides is 1. The van der Waals surface area contributed by atoms with Gasteiger partial charge in [-0.15, -0.1) is 0 Å². The molecule has 1 aliphatic carbocycles. The lowest BCUT2D eigenvalue weighted by Crippen LogP contribution is -2.51. The monoisotopic (exact) mass is 238 g/mol. The highest BCUT2D eigenvalue weighted by atomic mass is 16.1. The Morgan fingerprint density at radius 1 is 1.18 bits per heavy atom. The lowest BCUT2D eigenvalue weighted by molar-refractivity contribution is -0.127. The highest BCUT2D eigenvalue weighted by molar-refractivity contribution is 5.79. The van der Waals surface area contributed by atoms with E-state index in [2.05, 4.69) is 31.4 Å². The number of rotatable bonds is 3. The molecule has 1 amide bonds. The molecule has 98 valence electrons. The van der Waals surface area contributed by atoms with Crippen molar-refractivity contribution in [1.29, 1.82) is 0 Å². The zero-order valence-corrected chi connectivity index (χ0v) is 11.3. The molecule has 0 aromatic rings. The third-order valence-corrected chi connectivity index (χ3v) is 4.46. The van der Waals surface area contributed by atoms with Gasteiger partial charge in [-0.2, -0.15) is 0 Å². The molecule has 3 unspecified atom stereocenters. The summed E-state index contributed by atoms with van der Waals surface area (Å²) in [6, 6.07) is 0.414. The van der Waals surface area contributed by atoms with Crippen LogP contribution in [0.2, 0.25) is 0 Å². The third kappa shape index (κ3) is 3.21. The maximum atomic E-state index is 12.1. The van der Waals surface area contributed by atoms with Crippen molar-refractivity contribution in [3.63, 3.8) is 0 Å². The summed E-state index contributed by atoms with van der Waals surface area (Å²) in [7, 11) is 0. The van der Waals surface area contributed by atoms with Crippen molar-refractivity contribution in [3.8, 4) is 0 Å². The van der Waals surface area contributed by atoms with Crippen molar-refractivity contribution < 1.29 is 4.79 Å². The normalized spacial score (nSPS) is 36.1. The van der Waals surface area contributed by atoms with Gasteiger partial charge in [-0.05, 0) is 50.1 Å². The highest BCUT2D eigenvalue weighted by Gasteiger charge is 2.31. The minimum absolute atomic E-state index is 0.170. The maximum Gasteiger partial charge on any atom is 0.223 e. The van der Waals surface area contributed by atoms with Crippen molar-refractivity contribution in [2.24, 2.45) is 23.7 Å². The van der Waals surface area contributed by atoms with E-state index in [1.165, 1.54) is 6.42 Å². The topological polar surface area (TPSA) is 41.1 Å².